The molecule has 2 saturated heterocycles. The molecule has 2 aliphatic rings. The molecule has 3 atom stereocenters. The standard InChI is InChI=1S/C12H19NO5/c1-12(2,3)18-11(16)13-6-7(10(14)15)9-8(13)4-5-17-9/h7-9H,4-6H2,1-3H3,(H,14,15)/t7-,8-,9+/m1/s1. The van der Waals surface area contributed by atoms with Crippen LogP contribution in [0.2, 0.25) is 0 Å². The van der Waals surface area contributed by atoms with Crippen molar-refractivity contribution in [2.45, 2.75) is 44.9 Å². The molecule has 0 aliphatic carbocycles. The van der Waals surface area contributed by atoms with Crippen LogP contribution in [0.3, 0.4) is 0 Å². The van der Waals surface area contributed by atoms with E-state index in [-0.39, 0.29) is 12.6 Å². The first-order valence-electron chi connectivity index (χ1n) is 6.13. The van der Waals surface area contributed by atoms with Gasteiger partial charge < -0.3 is 19.5 Å². The summed E-state index contributed by atoms with van der Waals surface area (Å²) in [6.07, 6.45) is -0.171. The van der Waals surface area contributed by atoms with Gasteiger partial charge in [-0.15, -0.1) is 0 Å². The molecule has 0 bridgehead atoms. The van der Waals surface area contributed by atoms with Gasteiger partial charge in [0.1, 0.15) is 11.5 Å². The van der Waals surface area contributed by atoms with Crippen molar-refractivity contribution < 1.29 is 24.2 Å². The van der Waals surface area contributed by atoms with E-state index in [0.29, 0.717) is 13.0 Å². The molecule has 0 aromatic heterocycles. The number of hydrogen-bond acceptors (Lipinski definition) is 4. The van der Waals surface area contributed by atoms with E-state index in [0.717, 1.165) is 0 Å². The predicted octanol–water partition coefficient (Wildman–Crippen LogP) is 1.10. The minimum absolute atomic E-state index is 0.166. The zero-order valence-electron chi connectivity index (χ0n) is 10.9. The van der Waals surface area contributed by atoms with Crippen molar-refractivity contribution in [1.29, 1.82) is 0 Å². The van der Waals surface area contributed by atoms with E-state index in [9.17, 15) is 9.59 Å². The summed E-state index contributed by atoms with van der Waals surface area (Å²) in [5.74, 6) is -1.57. The number of carbonyl (C=O) groups is 2. The van der Waals surface area contributed by atoms with Crippen LogP contribution in [0.25, 0.3) is 0 Å². The smallest absolute Gasteiger partial charge is 0.410 e. The second kappa shape index (κ2) is 4.42. The number of ether oxygens (including phenoxy) is 2. The molecule has 2 fully saturated rings. The lowest BCUT2D eigenvalue weighted by Crippen LogP contribution is -2.41. The van der Waals surface area contributed by atoms with Crippen LogP contribution < -0.4 is 0 Å². The second-order valence-corrected chi connectivity index (χ2v) is 5.77. The van der Waals surface area contributed by atoms with Crippen molar-refractivity contribution in [2.75, 3.05) is 13.2 Å². The number of rotatable bonds is 1. The first-order valence-corrected chi connectivity index (χ1v) is 6.13. The van der Waals surface area contributed by atoms with E-state index >= 15 is 0 Å². The van der Waals surface area contributed by atoms with E-state index < -0.39 is 29.7 Å². The van der Waals surface area contributed by atoms with Crippen molar-refractivity contribution in [3.8, 4) is 0 Å². The van der Waals surface area contributed by atoms with Gasteiger partial charge in [0.05, 0.1) is 12.1 Å². The first kappa shape index (κ1) is 13.1. The maximum Gasteiger partial charge on any atom is 0.410 e. The number of nitrogens with zero attached hydrogens (tertiary/aromatic N) is 1. The molecule has 102 valence electrons. The van der Waals surface area contributed by atoms with Gasteiger partial charge in [-0.25, -0.2) is 4.79 Å². The van der Waals surface area contributed by atoms with Crippen molar-refractivity contribution in [3.05, 3.63) is 0 Å². The fraction of sp³-hybridized carbons (Fsp3) is 0.833. The number of aliphatic carboxylic acids is 1. The number of carboxylic acid groups (broad SMARTS) is 1. The van der Waals surface area contributed by atoms with Gasteiger partial charge in [0.15, 0.2) is 0 Å². The summed E-state index contributed by atoms with van der Waals surface area (Å²) >= 11 is 0. The number of amides is 1. The fourth-order valence-electron chi connectivity index (χ4n) is 2.52. The predicted molar refractivity (Wildman–Crippen MR) is 62.2 cm³/mol. The Morgan fingerprint density at radius 3 is 2.61 bits per heavy atom. The van der Waals surface area contributed by atoms with E-state index in [1.807, 2.05) is 0 Å². The number of fused-ring (bicyclic) bond motifs is 1. The highest BCUT2D eigenvalue weighted by molar-refractivity contribution is 5.75. The van der Waals surface area contributed by atoms with Crippen molar-refractivity contribution in [2.24, 2.45) is 5.92 Å². The molecule has 2 aliphatic heterocycles. The Hall–Kier alpha value is -1.30. The van der Waals surface area contributed by atoms with Crippen molar-refractivity contribution >= 4 is 12.1 Å². The van der Waals surface area contributed by atoms with Gasteiger partial charge in [-0.1, -0.05) is 0 Å². The largest absolute Gasteiger partial charge is 0.481 e. The molecule has 6 nitrogen and oxygen atoms in total. The summed E-state index contributed by atoms with van der Waals surface area (Å²) in [6, 6.07) is -0.166. The first-order chi connectivity index (χ1) is 8.29. The summed E-state index contributed by atoms with van der Waals surface area (Å²) < 4.78 is 10.7. The topological polar surface area (TPSA) is 76.1 Å². The molecule has 2 heterocycles. The molecule has 1 N–H and O–H groups in total. The van der Waals surface area contributed by atoms with Crippen LogP contribution in [0.4, 0.5) is 4.79 Å². The van der Waals surface area contributed by atoms with Gasteiger partial charge in [0.25, 0.3) is 0 Å². The number of carbonyl (C=O) groups excluding carboxylic acids is 1. The lowest BCUT2D eigenvalue weighted by molar-refractivity contribution is -0.144. The van der Waals surface area contributed by atoms with Gasteiger partial charge in [-0.05, 0) is 27.2 Å². The van der Waals surface area contributed by atoms with Crippen LogP contribution in [-0.2, 0) is 14.3 Å². The SMILES string of the molecule is CC(C)(C)OC(=O)N1C[C@@H](C(=O)O)[C@@H]2OCC[C@H]21. The maximum atomic E-state index is 12.0. The molecular weight excluding hydrogens is 238 g/mol. The van der Waals surface area contributed by atoms with Crippen LogP contribution in [0.1, 0.15) is 27.2 Å². The van der Waals surface area contributed by atoms with Gasteiger partial charge in [-0.3, -0.25) is 4.79 Å². The summed E-state index contributed by atoms with van der Waals surface area (Å²) in [6.45, 7) is 6.03. The van der Waals surface area contributed by atoms with Gasteiger partial charge in [0.2, 0.25) is 0 Å². The van der Waals surface area contributed by atoms with Crippen LogP contribution >= 0.6 is 0 Å². The molecule has 0 aromatic rings. The summed E-state index contributed by atoms with van der Waals surface area (Å²) in [7, 11) is 0. The lowest BCUT2D eigenvalue weighted by atomic mass is 10.0. The fourth-order valence-corrected chi connectivity index (χ4v) is 2.52. The number of carboxylic acids is 1. The minimum atomic E-state index is -0.919. The van der Waals surface area contributed by atoms with Gasteiger partial charge >= 0.3 is 12.1 Å². The van der Waals surface area contributed by atoms with E-state index in [2.05, 4.69) is 0 Å². The summed E-state index contributed by atoms with van der Waals surface area (Å²) in [4.78, 5) is 24.7. The summed E-state index contributed by atoms with van der Waals surface area (Å²) in [5.41, 5.74) is -0.576. The average molecular weight is 257 g/mol. The van der Waals surface area contributed by atoms with Gasteiger partial charge in [-0.2, -0.15) is 0 Å². The van der Waals surface area contributed by atoms with Crippen LogP contribution in [0.15, 0.2) is 0 Å². The highest BCUT2D eigenvalue weighted by Crippen LogP contribution is 2.34. The molecule has 0 unspecified atom stereocenters. The van der Waals surface area contributed by atoms with Crippen LogP contribution in [0, 0.1) is 5.92 Å². The average Bonchev–Trinajstić information content (AvgIpc) is 2.72. The molecule has 0 spiro atoms. The molecular formula is C12H19NO5. The third kappa shape index (κ3) is 2.43. The molecule has 18 heavy (non-hydrogen) atoms. The quantitative estimate of drug-likeness (QED) is 0.761. The Labute approximate surface area is 106 Å². The van der Waals surface area contributed by atoms with Crippen LogP contribution in [-0.4, -0.2) is 53.0 Å². The molecule has 1 amide bonds. The van der Waals surface area contributed by atoms with Gasteiger partial charge in [0, 0.05) is 13.2 Å². The molecule has 6 heteroatoms. The Kier molecular flexibility index (Phi) is 3.23. The minimum Gasteiger partial charge on any atom is -0.481 e. The Bertz CT molecular complexity index is 362. The maximum absolute atomic E-state index is 12.0. The van der Waals surface area contributed by atoms with Crippen molar-refractivity contribution in [3.63, 3.8) is 0 Å². The second-order valence-electron chi connectivity index (χ2n) is 5.77. The van der Waals surface area contributed by atoms with Crippen LogP contribution in [0.5, 0.6) is 0 Å². The Morgan fingerprint density at radius 1 is 1.39 bits per heavy atom. The summed E-state index contributed by atoms with van der Waals surface area (Å²) in [5, 5.41) is 9.13. The third-order valence-corrected chi connectivity index (χ3v) is 3.24. The number of likely N-dealkylation sites (tertiary alicyclic amines) is 1. The third-order valence-electron chi connectivity index (χ3n) is 3.24. The highest BCUT2D eigenvalue weighted by Gasteiger charge is 2.51. The molecule has 2 rings (SSSR count). The molecule has 0 aromatic carbocycles. The molecule has 0 saturated carbocycles. The normalized spacial score (nSPS) is 31.3. The monoisotopic (exact) mass is 257 g/mol. The van der Waals surface area contributed by atoms with E-state index in [1.54, 1.807) is 20.8 Å². The Balaban J connectivity index is 2.10. The zero-order valence-corrected chi connectivity index (χ0v) is 10.9. The Morgan fingerprint density at radius 2 is 2.06 bits per heavy atom. The van der Waals surface area contributed by atoms with Crippen molar-refractivity contribution in [1.82, 2.24) is 4.90 Å². The zero-order chi connectivity index (χ0) is 13.5. The molecule has 0 radical (unpaired) electrons. The number of hydrogen-bond donors (Lipinski definition) is 1. The lowest BCUT2D eigenvalue weighted by Gasteiger charge is -2.27. The van der Waals surface area contributed by atoms with E-state index in [4.69, 9.17) is 14.6 Å². The van der Waals surface area contributed by atoms with E-state index in [1.165, 1.54) is 4.90 Å². The highest BCUT2D eigenvalue weighted by atomic mass is 16.6.